The van der Waals surface area contributed by atoms with Crippen LogP contribution in [0.4, 0.5) is 0 Å². The van der Waals surface area contributed by atoms with Crippen molar-refractivity contribution in [3.05, 3.63) is 0 Å². The molecule has 1 saturated carbocycles. The van der Waals surface area contributed by atoms with Crippen molar-refractivity contribution in [2.75, 3.05) is 19.6 Å². The van der Waals surface area contributed by atoms with Gasteiger partial charge in [-0.15, -0.1) is 0 Å². The molecule has 4 atom stereocenters. The van der Waals surface area contributed by atoms with Crippen LogP contribution in [0.15, 0.2) is 0 Å². The molecule has 1 aliphatic rings. The Morgan fingerprint density at radius 1 is 1.21 bits per heavy atom. The first-order chi connectivity index (χ1) is 9.12. The van der Waals surface area contributed by atoms with Crippen LogP contribution in [0.3, 0.4) is 0 Å². The Labute approximate surface area is 121 Å². The third-order valence-electron chi connectivity index (χ3n) is 4.99. The summed E-state index contributed by atoms with van der Waals surface area (Å²) in [5.41, 5.74) is 0. The zero-order valence-electron chi connectivity index (χ0n) is 13.9. The van der Waals surface area contributed by atoms with Gasteiger partial charge in [-0.25, -0.2) is 0 Å². The van der Waals surface area contributed by atoms with Gasteiger partial charge < -0.3 is 10.2 Å². The van der Waals surface area contributed by atoms with Crippen molar-refractivity contribution in [1.82, 2.24) is 10.2 Å². The molecule has 19 heavy (non-hydrogen) atoms. The van der Waals surface area contributed by atoms with Crippen LogP contribution in [0.5, 0.6) is 0 Å². The molecule has 114 valence electrons. The summed E-state index contributed by atoms with van der Waals surface area (Å²) in [7, 11) is 0. The Morgan fingerprint density at radius 2 is 1.95 bits per heavy atom. The molecule has 2 heteroatoms. The highest BCUT2D eigenvalue weighted by Crippen LogP contribution is 2.30. The SMILES string of the molecule is CCCNC1CCC(C)CC1CN(CC)C(C)CC. The first-order valence-electron chi connectivity index (χ1n) is 8.59. The van der Waals surface area contributed by atoms with E-state index in [0.29, 0.717) is 0 Å². The molecule has 0 aliphatic heterocycles. The standard InChI is InChI=1S/C17H36N2/c1-6-11-18-17-10-9-14(4)12-16(17)13-19(8-3)15(5)7-2/h14-18H,6-13H2,1-5H3. The van der Waals surface area contributed by atoms with Crippen LogP contribution >= 0.6 is 0 Å². The van der Waals surface area contributed by atoms with Crippen LogP contribution in [-0.4, -0.2) is 36.6 Å². The van der Waals surface area contributed by atoms with Crippen LogP contribution in [0, 0.1) is 11.8 Å². The van der Waals surface area contributed by atoms with E-state index in [9.17, 15) is 0 Å². The quantitative estimate of drug-likeness (QED) is 0.718. The first kappa shape index (κ1) is 17.0. The van der Waals surface area contributed by atoms with E-state index in [4.69, 9.17) is 0 Å². The van der Waals surface area contributed by atoms with E-state index in [2.05, 4.69) is 44.8 Å². The van der Waals surface area contributed by atoms with E-state index in [1.54, 1.807) is 0 Å². The second kappa shape index (κ2) is 8.97. The summed E-state index contributed by atoms with van der Waals surface area (Å²) in [6.07, 6.45) is 6.72. The van der Waals surface area contributed by atoms with Crippen molar-refractivity contribution in [3.8, 4) is 0 Å². The van der Waals surface area contributed by atoms with E-state index in [1.165, 1.54) is 51.7 Å². The molecule has 1 N–H and O–H groups in total. The minimum absolute atomic E-state index is 0.731. The van der Waals surface area contributed by atoms with Gasteiger partial charge in [-0.3, -0.25) is 0 Å². The van der Waals surface area contributed by atoms with Crippen LogP contribution in [-0.2, 0) is 0 Å². The lowest BCUT2D eigenvalue weighted by molar-refractivity contribution is 0.121. The molecule has 2 nitrogen and oxygen atoms in total. The molecular weight excluding hydrogens is 232 g/mol. The predicted molar refractivity (Wildman–Crippen MR) is 85.6 cm³/mol. The third kappa shape index (κ3) is 5.43. The second-order valence-corrected chi connectivity index (χ2v) is 6.58. The number of nitrogens with zero attached hydrogens (tertiary/aromatic N) is 1. The molecule has 0 aromatic carbocycles. The Morgan fingerprint density at radius 3 is 2.53 bits per heavy atom. The maximum atomic E-state index is 3.80. The fourth-order valence-electron chi connectivity index (χ4n) is 3.48. The number of nitrogens with one attached hydrogen (secondary N) is 1. The molecular formula is C17H36N2. The van der Waals surface area contributed by atoms with Gasteiger partial charge in [0.25, 0.3) is 0 Å². The summed E-state index contributed by atoms with van der Waals surface area (Å²) in [6, 6.07) is 1.49. The molecule has 0 aromatic heterocycles. The zero-order valence-corrected chi connectivity index (χ0v) is 13.9. The minimum atomic E-state index is 0.731. The van der Waals surface area contributed by atoms with Crippen molar-refractivity contribution < 1.29 is 0 Å². The van der Waals surface area contributed by atoms with E-state index in [-0.39, 0.29) is 0 Å². The average molecular weight is 268 g/mol. The molecule has 0 spiro atoms. The summed E-state index contributed by atoms with van der Waals surface area (Å²) in [6.45, 7) is 15.4. The highest BCUT2D eigenvalue weighted by molar-refractivity contribution is 4.86. The Kier molecular flexibility index (Phi) is 8.01. The Balaban J connectivity index is 2.57. The van der Waals surface area contributed by atoms with E-state index < -0.39 is 0 Å². The highest BCUT2D eigenvalue weighted by Gasteiger charge is 2.30. The second-order valence-electron chi connectivity index (χ2n) is 6.58. The number of hydrogen-bond donors (Lipinski definition) is 1. The van der Waals surface area contributed by atoms with Crippen LogP contribution in [0.2, 0.25) is 0 Å². The van der Waals surface area contributed by atoms with Gasteiger partial charge in [-0.1, -0.05) is 27.7 Å². The fourth-order valence-corrected chi connectivity index (χ4v) is 3.48. The molecule has 0 amide bonds. The van der Waals surface area contributed by atoms with Gasteiger partial charge in [0.05, 0.1) is 0 Å². The van der Waals surface area contributed by atoms with Gasteiger partial charge in [0.1, 0.15) is 0 Å². The van der Waals surface area contributed by atoms with Gasteiger partial charge in [-0.2, -0.15) is 0 Å². The van der Waals surface area contributed by atoms with Gasteiger partial charge >= 0.3 is 0 Å². The Bertz CT molecular complexity index is 227. The van der Waals surface area contributed by atoms with Crippen molar-refractivity contribution >= 4 is 0 Å². The maximum absolute atomic E-state index is 3.80. The summed E-state index contributed by atoms with van der Waals surface area (Å²) >= 11 is 0. The summed E-state index contributed by atoms with van der Waals surface area (Å²) in [4.78, 5) is 2.68. The monoisotopic (exact) mass is 268 g/mol. The lowest BCUT2D eigenvalue weighted by atomic mass is 9.78. The molecule has 1 aliphatic carbocycles. The molecule has 4 unspecified atom stereocenters. The summed E-state index contributed by atoms with van der Waals surface area (Å²) in [5, 5.41) is 3.80. The highest BCUT2D eigenvalue weighted by atomic mass is 15.1. The number of hydrogen-bond acceptors (Lipinski definition) is 2. The molecule has 0 aromatic rings. The van der Waals surface area contributed by atoms with E-state index >= 15 is 0 Å². The van der Waals surface area contributed by atoms with Crippen molar-refractivity contribution in [3.63, 3.8) is 0 Å². The van der Waals surface area contributed by atoms with Crippen LogP contribution < -0.4 is 5.32 Å². The average Bonchev–Trinajstić information content (AvgIpc) is 2.43. The molecule has 0 radical (unpaired) electrons. The van der Waals surface area contributed by atoms with Crippen molar-refractivity contribution in [2.24, 2.45) is 11.8 Å². The molecule has 0 bridgehead atoms. The number of rotatable bonds is 8. The topological polar surface area (TPSA) is 15.3 Å². The van der Waals surface area contributed by atoms with E-state index in [1.807, 2.05) is 0 Å². The molecule has 1 rings (SSSR count). The summed E-state index contributed by atoms with van der Waals surface area (Å²) < 4.78 is 0. The van der Waals surface area contributed by atoms with Crippen LogP contribution in [0.1, 0.15) is 66.7 Å². The van der Waals surface area contributed by atoms with Gasteiger partial charge in [0.2, 0.25) is 0 Å². The maximum Gasteiger partial charge on any atom is 0.0108 e. The van der Waals surface area contributed by atoms with Gasteiger partial charge in [0.15, 0.2) is 0 Å². The predicted octanol–water partition coefficient (Wildman–Crippen LogP) is 3.91. The molecule has 1 fully saturated rings. The van der Waals surface area contributed by atoms with Crippen molar-refractivity contribution in [1.29, 1.82) is 0 Å². The van der Waals surface area contributed by atoms with Gasteiger partial charge in [-0.05, 0) is 64.0 Å². The smallest absolute Gasteiger partial charge is 0.0108 e. The van der Waals surface area contributed by atoms with Gasteiger partial charge in [0, 0.05) is 18.6 Å². The fraction of sp³-hybridized carbons (Fsp3) is 1.00. The lowest BCUT2D eigenvalue weighted by Crippen LogP contribution is -2.47. The Hall–Kier alpha value is -0.0800. The molecule has 0 saturated heterocycles. The zero-order chi connectivity index (χ0) is 14.3. The van der Waals surface area contributed by atoms with Crippen LogP contribution in [0.25, 0.3) is 0 Å². The lowest BCUT2D eigenvalue weighted by Gasteiger charge is -2.40. The summed E-state index contributed by atoms with van der Waals surface area (Å²) in [5.74, 6) is 1.77. The largest absolute Gasteiger partial charge is 0.314 e. The third-order valence-corrected chi connectivity index (χ3v) is 4.99. The first-order valence-corrected chi connectivity index (χ1v) is 8.59. The minimum Gasteiger partial charge on any atom is -0.314 e. The molecule has 0 heterocycles. The normalized spacial score (nSPS) is 29.7. The van der Waals surface area contributed by atoms with Crippen molar-refractivity contribution in [2.45, 2.75) is 78.8 Å². The van der Waals surface area contributed by atoms with E-state index in [0.717, 1.165) is 23.9 Å².